The zero-order valence-corrected chi connectivity index (χ0v) is 10.7. The Morgan fingerprint density at radius 3 is 2.47 bits per heavy atom. The van der Waals surface area contributed by atoms with Crippen molar-refractivity contribution in [2.24, 2.45) is 0 Å². The Kier molecular flexibility index (Phi) is 4.08. The van der Waals surface area contributed by atoms with Crippen LogP contribution >= 0.6 is 0 Å². The normalized spacial score (nSPS) is 17.1. The lowest BCUT2D eigenvalue weighted by Crippen LogP contribution is -2.52. The molecule has 0 aliphatic carbocycles. The monoisotopic (exact) mass is 264 g/mol. The fourth-order valence-electron chi connectivity index (χ4n) is 1.78. The van der Waals surface area contributed by atoms with E-state index in [2.05, 4.69) is 15.3 Å². The van der Waals surface area contributed by atoms with Crippen molar-refractivity contribution in [3.63, 3.8) is 0 Å². The third-order valence-electron chi connectivity index (χ3n) is 3.01. The third kappa shape index (κ3) is 3.49. The van der Waals surface area contributed by atoms with Crippen molar-refractivity contribution in [2.45, 2.75) is 0 Å². The molecule has 19 heavy (non-hydrogen) atoms. The fourth-order valence-corrected chi connectivity index (χ4v) is 1.78. The van der Waals surface area contributed by atoms with Crippen molar-refractivity contribution >= 4 is 11.9 Å². The van der Waals surface area contributed by atoms with Gasteiger partial charge in [0.2, 0.25) is 0 Å². The summed E-state index contributed by atoms with van der Waals surface area (Å²) in [6, 6.07) is 2.78. The summed E-state index contributed by atoms with van der Waals surface area (Å²) in [5, 5.41) is 10.6. The molecular formula is C12H16N4O3. The van der Waals surface area contributed by atoms with Crippen molar-refractivity contribution in [1.29, 1.82) is 0 Å². The molecule has 1 aromatic heterocycles. The molecule has 0 atom stereocenters. The van der Waals surface area contributed by atoms with Crippen LogP contribution in [0.2, 0.25) is 0 Å². The average Bonchev–Trinajstić information content (AvgIpc) is 2.41. The van der Waals surface area contributed by atoms with Crippen LogP contribution in [0.3, 0.4) is 0 Å². The van der Waals surface area contributed by atoms with E-state index in [-0.39, 0.29) is 11.6 Å². The Labute approximate surface area is 110 Å². The second-order valence-electron chi connectivity index (χ2n) is 4.47. The number of nitrogens with one attached hydrogen (secondary N) is 1. The summed E-state index contributed by atoms with van der Waals surface area (Å²) in [5.74, 6) is -1.37. The standard InChI is InChI=1S/C12H16N4O3/c1-15-4-6-16(7-5-15)14-11(17)9-2-3-10(12(18)19)13-8-9/h2-3,8H,4-7H2,1H3,(H,14,17)(H,18,19). The van der Waals surface area contributed by atoms with Gasteiger partial charge < -0.3 is 10.0 Å². The molecule has 0 saturated carbocycles. The molecule has 1 aromatic rings. The summed E-state index contributed by atoms with van der Waals surface area (Å²) in [6.07, 6.45) is 1.27. The number of amides is 1. The molecule has 0 bridgehead atoms. The molecule has 7 nitrogen and oxygen atoms in total. The van der Waals surface area contributed by atoms with E-state index in [4.69, 9.17) is 5.11 Å². The molecule has 1 aliphatic heterocycles. The minimum Gasteiger partial charge on any atom is -0.477 e. The number of hydrogen-bond acceptors (Lipinski definition) is 5. The highest BCUT2D eigenvalue weighted by Gasteiger charge is 2.17. The minimum atomic E-state index is -1.11. The zero-order valence-electron chi connectivity index (χ0n) is 10.7. The van der Waals surface area contributed by atoms with Gasteiger partial charge in [0, 0.05) is 32.4 Å². The lowest BCUT2D eigenvalue weighted by atomic mass is 10.2. The summed E-state index contributed by atoms with van der Waals surface area (Å²) < 4.78 is 0. The van der Waals surface area contributed by atoms with E-state index in [0.29, 0.717) is 5.56 Å². The summed E-state index contributed by atoms with van der Waals surface area (Å²) in [6.45, 7) is 3.33. The van der Waals surface area contributed by atoms with Gasteiger partial charge in [0.15, 0.2) is 0 Å². The van der Waals surface area contributed by atoms with Gasteiger partial charge in [-0.2, -0.15) is 0 Å². The average molecular weight is 264 g/mol. The number of rotatable bonds is 3. The van der Waals surface area contributed by atoms with Crippen LogP contribution in [0.25, 0.3) is 0 Å². The lowest BCUT2D eigenvalue weighted by Gasteiger charge is -2.32. The predicted molar refractivity (Wildman–Crippen MR) is 67.7 cm³/mol. The summed E-state index contributed by atoms with van der Waals surface area (Å²) in [5.41, 5.74) is 3.06. The molecule has 1 saturated heterocycles. The number of pyridine rings is 1. The van der Waals surface area contributed by atoms with Gasteiger partial charge >= 0.3 is 5.97 Å². The van der Waals surface area contributed by atoms with Gasteiger partial charge in [0.05, 0.1) is 5.56 Å². The second-order valence-corrected chi connectivity index (χ2v) is 4.47. The van der Waals surface area contributed by atoms with Crippen molar-refractivity contribution in [2.75, 3.05) is 33.2 Å². The van der Waals surface area contributed by atoms with Crippen molar-refractivity contribution in [1.82, 2.24) is 20.3 Å². The van der Waals surface area contributed by atoms with Crippen LogP contribution in [0.1, 0.15) is 20.8 Å². The first-order valence-corrected chi connectivity index (χ1v) is 6.00. The number of likely N-dealkylation sites (N-methyl/N-ethyl adjacent to an activating group) is 1. The van der Waals surface area contributed by atoms with Gasteiger partial charge in [-0.3, -0.25) is 10.2 Å². The van der Waals surface area contributed by atoms with E-state index >= 15 is 0 Å². The first-order valence-electron chi connectivity index (χ1n) is 6.00. The number of piperazine rings is 1. The number of carbonyl (C=O) groups is 2. The van der Waals surface area contributed by atoms with Crippen molar-refractivity contribution < 1.29 is 14.7 Å². The van der Waals surface area contributed by atoms with E-state index < -0.39 is 5.97 Å². The zero-order chi connectivity index (χ0) is 13.8. The Hall–Kier alpha value is -1.99. The largest absolute Gasteiger partial charge is 0.477 e. The Bertz CT molecular complexity index is 466. The first kappa shape index (κ1) is 13.4. The molecule has 1 amide bonds. The summed E-state index contributed by atoms with van der Waals surface area (Å²) >= 11 is 0. The minimum absolute atomic E-state index is 0.0730. The number of carboxylic acid groups (broad SMARTS) is 1. The highest BCUT2D eigenvalue weighted by atomic mass is 16.4. The molecule has 0 radical (unpaired) electrons. The molecule has 0 aromatic carbocycles. The quantitative estimate of drug-likeness (QED) is 0.777. The smallest absolute Gasteiger partial charge is 0.354 e. The number of nitrogens with zero attached hydrogens (tertiary/aromatic N) is 3. The molecule has 2 N–H and O–H groups in total. The van der Waals surface area contributed by atoms with Gasteiger partial charge in [0.1, 0.15) is 5.69 Å². The third-order valence-corrected chi connectivity index (χ3v) is 3.01. The molecule has 102 valence electrons. The van der Waals surface area contributed by atoms with Crippen LogP contribution in [0.4, 0.5) is 0 Å². The summed E-state index contributed by atoms with van der Waals surface area (Å²) in [7, 11) is 2.04. The van der Waals surface area contributed by atoms with Crippen LogP contribution in [-0.4, -0.2) is 65.1 Å². The van der Waals surface area contributed by atoms with Crippen LogP contribution < -0.4 is 5.43 Å². The van der Waals surface area contributed by atoms with Gasteiger partial charge in [-0.15, -0.1) is 0 Å². The molecule has 1 fully saturated rings. The molecule has 1 aliphatic rings. The maximum Gasteiger partial charge on any atom is 0.354 e. The summed E-state index contributed by atoms with van der Waals surface area (Å²) in [4.78, 5) is 28.5. The Morgan fingerprint density at radius 2 is 1.95 bits per heavy atom. The topological polar surface area (TPSA) is 85.8 Å². The second kappa shape index (κ2) is 5.77. The number of hydrazine groups is 1. The molecule has 0 unspecified atom stereocenters. The van der Waals surface area contributed by atoms with Gasteiger partial charge in [-0.1, -0.05) is 0 Å². The highest BCUT2D eigenvalue weighted by molar-refractivity contribution is 5.94. The van der Waals surface area contributed by atoms with Crippen LogP contribution in [0, 0.1) is 0 Å². The Balaban J connectivity index is 1.94. The maximum absolute atomic E-state index is 11.9. The van der Waals surface area contributed by atoms with E-state index in [1.807, 2.05) is 12.1 Å². The Morgan fingerprint density at radius 1 is 1.26 bits per heavy atom. The fraction of sp³-hybridized carbons (Fsp3) is 0.417. The van der Waals surface area contributed by atoms with Crippen LogP contribution in [0.15, 0.2) is 18.3 Å². The number of hydrogen-bond donors (Lipinski definition) is 2. The van der Waals surface area contributed by atoms with Gasteiger partial charge in [0.25, 0.3) is 5.91 Å². The lowest BCUT2D eigenvalue weighted by molar-refractivity contribution is 0.0656. The SMILES string of the molecule is CN1CCN(NC(=O)c2ccc(C(=O)O)nc2)CC1. The maximum atomic E-state index is 11.9. The van der Waals surface area contributed by atoms with Crippen molar-refractivity contribution in [3.05, 3.63) is 29.6 Å². The number of aromatic carboxylic acids is 1. The van der Waals surface area contributed by atoms with E-state index in [0.717, 1.165) is 26.2 Å². The molecule has 7 heteroatoms. The van der Waals surface area contributed by atoms with E-state index in [1.54, 1.807) is 0 Å². The van der Waals surface area contributed by atoms with E-state index in [9.17, 15) is 9.59 Å². The number of carboxylic acids is 1. The van der Waals surface area contributed by atoms with Gasteiger partial charge in [-0.05, 0) is 19.2 Å². The molecular weight excluding hydrogens is 248 g/mol. The molecule has 0 spiro atoms. The molecule has 2 heterocycles. The van der Waals surface area contributed by atoms with Crippen molar-refractivity contribution in [3.8, 4) is 0 Å². The number of carbonyl (C=O) groups excluding carboxylic acids is 1. The predicted octanol–water partition coefficient (Wildman–Crippen LogP) is -0.328. The molecule has 2 rings (SSSR count). The van der Waals surface area contributed by atoms with Gasteiger partial charge in [-0.25, -0.2) is 14.8 Å². The highest BCUT2D eigenvalue weighted by Crippen LogP contribution is 2.02. The number of aromatic nitrogens is 1. The van der Waals surface area contributed by atoms with E-state index in [1.165, 1.54) is 18.3 Å². The first-order chi connectivity index (χ1) is 9.06. The van der Waals surface area contributed by atoms with Crippen LogP contribution in [0.5, 0.6) is 0 Å². The van der Waals surface area contributed by atoms with Crippen LogP contribution in [-0.2, 0) is 0 Å².